The van der Waals surface area contributed by atoms with Crippen molar-refractivity contribution < 1.29 is 9.18 Å². The standard InChI is InChI=1S/C29H29FN2O/c1-22-12-13-27-26(19-22)29(21-32(27)28(33)24-10-5-11-25(30)20-24)14-17-31(18-15-29)16-6-9-23-7-3-2-4-8-23/h2-13,19-20H,14-18,21H2,1H3. The minimum atomic E-state index is -0.379. The Balaban J connectivity index is 1.33. The van der Waals surface area contributed by atoms with Gasteiger partial charge in [-0.3, -0.25) is 9.69 Å². The first-order valence-electron chi connectivity index (χ1n) is 11.7. The number of carbonyl (C=O) groups is 1. The molecule has 33 heavy (non-hydrogen) atoms. The fraction of sp³-hybridized carbons (Fsp3) is 0.276. The van der Waals surface area contributed by atoms with Gasteiger partial charge in [0.15, 0.2) is 0 Å². The number of likely N-dealkylation sites (tertiary alicyclic amines) is 1. The van der Waals surface area contributed by atoms with Crippen molar-refractivity contribution >= 4 is 17.7 Å². The normalized spacial score (nSPS) is 17.6. The highest BCUT2D eigenvalue weighted by atomic mass is 19.1. The van der Waals surface area contributed by atoms with Gasteiger partial charge in [0.25, 0.3) is 5.91 Å². The predicted molar refractivity (Wildman–Crippen MR) is 132 cm³/mol. The van der Waals surface area contributed by atoms with Crippen LogP contribution in [0.2, 0.25) is 0 Å². The van der Waals surface area contributed by atoms with Crippen molar-refractivity contribution in [3.05, 3.63) is 107 Å². The zero-order valence-electron chi connectivity index (χ0n) is 19.0. The summed E-state index contributed by atoms with van der Waals surface area (Å²) in [6.45, 7) is 5.68. The molecule has 0 aromatic heterocycles. The number of piperidine rings is 1. The molecule has 3 nitrogen and oxygen atoms in total. The Kier molecular flexibility index (Phi) is 5.86. The van der Waals surface area contributed by atoms with E-state index in [0.717, 1.165) is 38.2 Å². The average Bonchev–Trinajstić information content (AvgIpc) is 3.14. The van der Waals surface area contributed by atoms with Gasteiger partial charge in [-0.05, 0) is 68.2 Å². The second kappa shape index (κ2) is 8.95. The van der Waals surface area contributed by atoms with Crippen molar-refractivity contribution in [1.82, 2.24) is 4.90 Å². The van der Waals surface area contributed by atoms with Crippen LogP contribution in [0.25, 0.3) is 6.08 Å². The topological polar surface area (TPSA) is 23.6 Å². The van der Waals surface area contributed by atoms with E-state index in [9.17, 15) is 9.18 Å². The van der Waals surface area contributed by atoms with Crippen LogP contribution in [0.1, 0.15) is 39.9 Å². The quantitative estimate of drug-likeness (QED) is 0.509. The first-order chi connectivity index (χ1) is 16.0. The second-order valence-electron chi connectivity index (χ2n) is 9.32. The highest BCUT2D eigenvalue weighted by Gasteiger charge is 2.46. The summed E-state index contributed by atoms with van der Waals surface area (Å²) in [4.78, 5) is 17.7. The molecular formula is C29H29FN2O. The Morgan fingerprint density at radius 2 is 1.79 bits per heavy atom. The first-order valence-corrected chi connectivity index (χ1v) is 11.7. The Hall–Kier alpha value is -3.24. The lowest BCUT2D eigenvalue weighted by Crippen LogP contribution is -2.46. The third-order valence-electron chi connectivity index (χ3n) is 7.08. The number of benzene rings is 3. The number of hydrogen-bond acceptors (Lipinski definition) is 2. The Morgan fingerprint density at radius 1 is 1.00 bits per heavy atom. The van der Waals surface area contributed by atoms with Gasteiger partial charge in [0, 0.05) is 29.8 Å². The average molecular weight is 441 g/mol. The monoisotopic (exact) mass is 440 g/mol. The van der Waals surface area contributed by atoms with Crippen LogP contribution in [0.15, 0.2) is 78.9 Å². The highest BCUT2D eigenvalue weighted by molar-refractivity contribution is 6.07. The molecule has 0 bridgehead atoms. The number of amides is 1. The number of halogens is 1. The summed E-state index contributed by atoms with van der Waals surface area (Å²) in [5.74, 6) is -0.500. The van der Waals surface area contributed by atoms with Crippen molar-refractivity contribution in [2.45, 2.75) is 25.2 Å². The van der Waals surface area contributed by atoms with Crippen molar-refractivity contribution in [2.75, 3.05) is 31.1 Å². The summed E-state index contributed by atoms with van der Waals surface area (Å²) in [5, 5.41) is 0. The number of hydrogen-bond donors (Lipinski definition) is 0. The van der Waals surface area contributed by atoms with E-state index in [-0.39, 0.29) is 17.1 Å². The zero-order valence-corrected chi connectivity index (χ0v) is 19.0. The second-order valence-corrected chi connectivity index (χ2v) is 9.32. The maximum Gasteiger partial charge on any atom is 0.258 e. The van der Waals surface area contributed by atoms with Crippen LogP contribution in [0.5, 0.6) is 0 Å². The lowest BCUT2D eigenvalue weighted by molar-refractivity contribution is 0.0977. The molecule has 1 amide bonds. The molecule has 2 heterocycles. The van der Waals surface area contributed by atoms with E-state index < -0.39 is 0 Å². The number of anilines is 1. The molecule has 3 aromatic carbocycles. The molecule has 4 heteroatoms. The number of fused-ring (bicyclic) bond motifs is 2. The lowest BCUT2D eigenvalue weighted by atomic mass is 9.74. The smallest absolute Gasteiger partial charge is 0.258 e. The number of nitrogens with zero attached hydrogens (tertiary/aromatic N) is 2. The third kappa shape index (κ3) is 4.36. The van der Waals surface area contributed by atoms with Gasteiger partial charge in [-0.1, -0.05) is 66.2 Å². The molecule has 0 atom stereocenters. The minimum Gasteiger partial charge on any atom is -0.307 e. The number of carbonyl (C=O) groups excluding carboxylic acids is 1. The van der Waals surface area contributed by atoms with Gasteiger partial charge in [-0.15, -0.1) is 0 Å². The maximum absolute atomic E-state index is 13.8. The molecule has 0 N–H and O–H groups in total. The van der Waals surface area contributed by atoms with Gasteiger partial charge in [0.1, 0.15) is 5.82 Å². The van der Waals surface area contributed by atoms with Gasteiger partial charge in [-0.25, -0.2) is 4.39 Å². The highest BCUT2D eigenvalue weighted by Crippen LogP contribution is 2.47. The molecule has 0 saturated carbocycles. The van der Waals surface area contributed by atoms with Crippen LogP contribution >= 0.6 is 0 Å². The van der Waals surface area contributed by atoms with E-state index in [1.165, 1.54) is 28.8 Å². The van der Waals surface area contributed by atoms with Crippen molar-refractivity contribution in [1.29, 1.82) is 0 Å². The molecule has 1 saturated heterocycles. The molecule has 1 fully saturated rings. The van der Waals surface area contributed by atoms with Gasteiger partial charge in [-0.2, -0.15) is 0 Å². The summed E-state index contributed by atoms with van der Waals surface area (Å²) in [6.07, 6.45) is 6.43. The Morgan fingerprint density at radius 3 is 2.55 bits per heavy atom. The van der Waals surface area contributed by atoms with E-state index >= 15 is 0 Å². The van der Waals surface area contributed by atoms with Crippen molar-refractivity contribution in [2.24, 2.45) is 0 Å². The molecule has 5 rings (SSSR count). The Labute approximate surface area is 195 Å². The van der Waals surface area contributed by atoms with Crippen molar-refractivity contribution in [3.63, 3.8) is 0 Å². The van der Waals surface area contributed by atoms with Crippen molar-refractivity contribution in [3.8, 4) is 0 Å². The van der Waals surface area contributed by atoms with Crippen LogP contribution in [0, 0.1) is 12.7 Å². The zero-order chi connectivity index (χ0) is 22.8. The minimum absolute atomic E-state index is 0.0377. The SMILES string of the molecule is Cc1ccc2c(c1)C1(CCN(CC=Cc3ccccc3)CC1)CN2C(=O)c1cccc(F)c1. The van der Waals surface area contributed by atoms with Crippen LogP contribution < -0.4 is 4.90 Å². The molecule has 1 spiro atoms. The molecule has 0 unspecified atom stereocenters. The Bertz CT molecular complexity index is 1180. The molecule has 0 aliphatic carbocycles. The number of aryl methyl sites for hydroxylation is 1. The summed E-state index contributed by atoms with van der Waals surface area (Å²) >= 11 is 0. The molecular weight excluding hydrogens is 411 g/mol. The maximum atomic E-state index is 13.8. The lowest BCUT2D eigenvalue weighted by Gasteiger charge is -2.39. The molecule has 2 aliphatic rings. The summed E-state index contributed by atoms with van der Waals surface area (Å²) < 4.78 is 13.8. The van der Waals surface area contributed by atoms with E-state index in [1.807, 2.05) is 11.0 Å². The van der Waals surface area contributed by atoms with Gasteiger partial charge in [0.05, 0.1) is 0 Å². The molecule has 2 aliphatic heterocycles. The van der Waals surface area contributed by atoms with Crippen LogP contribution in [-0.4, -0.2) is 37.0 Å². The third-order valence-corrected chi connectivity index (χ3v) is 7.08. The summed E-state index contributed by atoms with van der Waals surface area (Å²) in [6, 6.07) is 22.8. The first kappa shape index (κ1) is 21.6. The fourth-order valence-electron chi connectivity index (χ4n) is 5.23. The molecule has 0 radical (unpaired) electrons. The van der Waals surface area contributed by atoms with Crippen LogP contribution in [-0.2, 0) is 5.41 Å². The van der Waals surface area contributed by atoms with E-state index in [4.69, 9.17) is 0 Å². The van der Waals surface area contributed by atoms with Crippen LogP contribution in [0.3, 0.4) is 0 Å². The van der Waals surface area contributed by atoms with E-state index in [0.29, 0.717) is 12.1 Å². The molecule has 3 aromatic rings. The summed E-state index contributed by atoms with van der Waals surface area (Å²) in [5.41, 5.74) is 5.05. The fourth-order valence-corrected chi connectivity index (χ4v) is 5.23. The molecule has 168 valence electrons. The van der Waals surface area contributed by atoms with Gasteiger partial charge in [0.2, 0.25) is 0 Å². The van der Waals surface area contributed by atoms with Crippen LogP contribution in [0.4, 0.5) is 10.1 Å². The largest absolute Gasteiger partial charge is 0.307 e. The summed E-state index contributed by atoms with van der Waals surface area (Å²) in [7, 11) is 0. The van der Waals surface area contributed by atoms with Gasteiger partial charge < -0.3 is 4.90 Å². The van der Waals surface area contributed by atoms with Gasteiger partial charge >= 0.3 is 0 Å². The van der Waals surface area contributed by atoms with E-state index in [1.54, 1.807) is 12.1 Å². The van der Waals surface area contributed by atoms with E-state index in [2.05, 4.69) is 66.4 Å². The predicted octanol–water partition coefficient (Wildman–Crippen LogP) is 5.84. The number of rotatable bonds is 4.